The minimum absolute atomic E-state index is 0.370. The molecule has 1 aromatic rings. The van der Waals surface area contributed by atoms with Crippen LogP contribution in [0.4, 0.5) is 0 Å². The van der Waals surface area contributed by atoms with E-state index in [2.05, 4.69) is 20.7 Å². The SMILES string of the molecule is CCCCNS(=O)(=O)c1cc(C)c(Br)cc1C. The number of nitrogens with one attached hydrogen (secondary N) is 1. The molecule has 0 aromatic heterocycles. The van der Waals surface area contributed by atoms with Crippen LogP contribution in [0.2, 0.25) is 0 Å². The smallest absolute Gasteiger partial charge is 0.211 e. The van der Waals surface area contributed by atoms with E-state index in [1.54, 1.807) is 13.0 Å². The van der Waals surface area contributed by atoms with E-state index in [1.807, 2.05) is 19.9 Å². The van der Waals surface area contributed by atoms with Gasteiger partial charge >= 0.3 is 0 Å². The van der Waals surface area contributed by atoms with Gasteiger partial charge in [0.15, 0.2) is 0 Å². The summed E-state index contributed by atoms with van der Waals surface area (Å²) in [7, 11) is -3.37. The number of rotatable bonds is 5. The minimum Gasteiger partial charge on any atom is -0.211 e. The van der Waals surface area contributed by atoms with E-state index in [1.165, 1.54) is 0 Å². The molecule has 0 spiro atoms. The summed E-state index contributed by atoms with van der Waals surface area (Å²) in [4.78, 5) is 0.370. The fourth-order valence-corrected chi connectivity index (χ4v) is 3.35. The molecule has 0 amide bonds. The molecule has 0 aliphatic carbocycles. The average Bonchev–Trinajstić information content (AvgIpc) is 2.23. The summed E-state index contributed by atoms with van der Waals surface area (Å²) >= 11 is 3.40. The second-order valence-corrected chi connectivity index (χ2v) is 6.71. The summed E-state index contributed by atoms with van der Waals surface area (Å²) in [5.74, 6) is 0. The van der Waals surface area contributed by atoms with Crippen molar-refractivity contribution < 1.29 is 8.42 Å². The lowest BCUT2D eigenvalue weighted by Gasteiger charge is -2.11. The Morgan fingerprint density at radius 2 is 1.88 bits per heavy atom. The van der Waals surface area contributed by atoms with Gasteiger partial charge in [-0.3, -0.25) is 0 Å². The molecule has 0 fully saturated rings. The van der Waals surface area contributed by atoms with E-state index < -0.39 is 10.0 Å². The molecule has 0 saturated heterocycles. The van der Waals surface area contributed by atoms with Crippen LogP contribution in [0.15, 0.2) is 21.5 Å². The number of unbranched alkanes of at least 4 members (excludes halogenated alkanes) is 1. The van der Waals surface area contributed by atoms with Gasteiger partial charge in [-0.05, 0) is 43.5 Å². The quantitative estimate of drug-likeness (QED) is 0.847. The predicted octanol–water partition coefficient (Wildman–Crippen LogP) is 3.14. The van der Waals surface area contributed by atoms with Gasteiger partial charge in [0.05, 0.1) is 4.90 Å². The topological polar surface area (TPSA) is 46.2 Å². The highest BCUT2D eigenvalue weighted by atomic mass is 79.9. The maximum Gasteiger partial charge on any atom is 0.240 e. The molecular weight excluding hydrogens is 302 g/mol. The summed E-state index contributed by atoms with van der Waals surface area (Å²) in [6.45, 7) is 6.21. The van der Waals surface area contributed by atoms with E-state index in [-0.39, 0.29) is 0 Å². The number of halogens is 1. The monoisotopic (exact) mass is 319 g/mol. The van der Waals surface area contributed by atoms with Gasteiger partial charge in [-0.25, -0.2) is 13.1 Å². The van der Waals surface area contributed by atoms with Gasteiger partial charge in [-0.15, -0.1) is 0 Å². The summed E-state index contributed by atoms with van der Waals surface area (Å²) < 4.78 is 27.7. The Bertz CT molecular complexity index is 497. The second-order valence-electron chi connectivity index (χ2n) is 4.12. The third-order valence-corrected chi connectivity index (χ3v) is 5.03. The van der Waals surface area contributed by atoms with Crippen LogP contribution in [0.25, 0.3) is 0 Å². The lowest BCUT2D eigenvalue weighted by atomic mass is 10.2. The lowest BCUT2D eigenvalue weighted by molar-refractivity contribution is 0.577. The lowest BCUT2D eigenvalue weighted by Crippen LogP contribution is -2.25. The van der Waals surface area contributed by atoms with Crippen LogP contribution < -0.4 is 4.72 Å². The molecule has 17 heavy (non-hydrogen) atoms. The molecule has 0 unspecified atom stereocenters. The zero-order chi connectivity index (χ0) is 13.1. The molecule has 1 aromatic carbocycles. The van der Waals surface area contributed by atoms with Crippen molar-refractivity contribution in [3.63, 3.8) is 0 Å². The fraction of sp³-hybridized carbons (Fsp3) is 0.500. The normalized spacial score (nSPS) is 11.8. The molecule has 5 heteroatoms. The number of benzene rings is 1. The van der Waals surface area contributed by atoms with Gasteiger partial charge < -0.3 is 0 Å². The van der Waals surface area contributed by atoms with Gasteiger partial charge in [-0.1, -0.05) is 29.3 Å². The highest BCUT2D eigenvalue weighted by Gasteiger charge is 2.17. The molecule has 0 bridgehead atoms. The molecule has 0 aliphatic heterocycles. The minimum atomic E-state index is -3.37. The Morgan fingerprint density at radius 3 is 2.47 bits per heavy atom. The van der Waals surface area contributed by atoms with Crippen molar-refractivity contribution in [1.29, 1.82) is 0 Å². The molecule has 0 saturated carbocycles. The molecule has 1 N–H and O–H groups in total. The number of sulfonamides is 1. The number of hydrogen-bond acceptors (Lipinski definition) is 2. The summed E-state index contributed by atoms with van der Waals surface area (Å²) in [5.41, 5.74) is 1.68. The van der Waals surface area contributed by atoms with Gasteiger partial charge in [0.1, 0.15) is 0 Å². The van der Waals surface area contributed by atoms with Gasteiger partial charge in [0, 0.05) is 11.0 Å². The Morgan fingerprint density at radius 1 is 1.24 bits per heavy atom. The molecule has 3 nitrogen and oxygen atoms in total. The Kier molecular flexibility index (Phi) is 5.16. The number of hydrogen-bond donors (Lipinski definition) is 1. The second kappa shape index (κ2) is 5.98. The fourth-order valence-electron chi connectivity index (χ4n) is 1.51. The first kappa shape index (κ1) is 14.7. The van der Waals surface area contributed by atoms with E-state index in [0.29, 0.717) is 11.4 Å². The van der Waals surface area contributed by atoms with Crippen LogP contribution in [0, 0.1) is 13.8 Å². The highest BCUT2D eigenvalue weighted by molar-refractivity contribution is 9.10. The first-order valence-electron chi connectivity index (χ1n) is 5.65. The summed E-state index contributed by atoms with van der Waals surface area (Å²) in [5, 5.41) is 0. The highest BCUT2D eigenvalue weighted by Crippen LogP contribution is 2.24. The van der Waals surface area contributed by atoms with Crippen LogP contribution in [-0.2, 0) is 10.0 Å². The van der Waals surface area contributed by atoms with Crippen molar-refractivity contribution >= 4 is 26.0 Å². The summed E-state index contributed by atoms with van der Waals surface area (Å²) in [6, 6.07) is 3.54. The van der Waals surface area contributed by atoms with Crippen molar-refractivity contribution in [2.24, 2.45) is 0 Å². The van der Waals surface area contributed by atoms with E-state index in [9.17, 15) is 8.42 Å². The van der Waals surface area contributed by atoms with Crippen molar-refractivity contribution in [2.75, 3.05) is 6.54 Å². The van der Waals surface area contributed by atoms with Crippen molar-refractivity contribution in [1.82, 2.24) is 4.72 Å². The van der Waals surface area contributed by atoms with Crippen molar-refractivity contribution in [3.05, 3.63) is 27.7 Å². The van der Waals surface area contributed by atoms with Gasteiger partial charge in [-0.2, -0.15) is 0 Å². The zero-order valence-electron chi connectivity index (χ0n) is 10.4. The maximum atomic E-state index is 12.1. The number of aryl methyl sites for hydroxylation is 2. The van der Waals surface area contributed by atoms with E-state index in [4.69, 9.17) is 0 Å². The van der Waals surface area contributed by atoms with Crippen LogP contribution in [0.3, 0.4) is 0 Å². The third-order valence-electron chi connectivity index (χ3n) is 2.57. The standard InChI is InChI=1S/C12H18BrNO2S/c1-4-5-6-14-17(15,16)12-8-9(2)11(13)7-10(12)3/h7-8,14H,4-6H2,1-3H3. The van der Waals surface area contributed by atoms with Crippen molar-refractivity contribution in [3.8, 4) is 0 Å². The van der Waals surface area contributed by atoms with Gasteiger partial charge in [0.25, 0.3) is 0 Å². The Labute approximate surface area is 112 Å². The molecule has 0 aliphatic rings. The van der Waals surface area contributed by atoms with Crippen LogP contribution in [0.5, 0.6) is 0 Å². The Hall–Kier alpha value is -0.390. The Balaban J connectivity index is 3.03. The molecular formula is C12H18BrNO2S. The van der Waals surface area contributed by atoms with Crippen molar-refractivity contribution in [2.45, 2.75) is 38.5 Å². The summed E-state index contributed by atoms with van der Waals surface area (Å²) in [6.07, 6.45) is 1.83. The van der Waals surface area contributed by atoms with Crippen LogP contribution >= 0.6 is 15.9 Å². The van der Waals surface area contributed by atoms with Crippen LogP contribution in [0.1, 0.15) is 30.9 Å². The van der Waals surface area contributed by atoms with E-state index >= 15 is 0 Å². The third kappa shape index (κ3) is 3.79. The molecule has 0 heterocycles. The largest absolute Gasteiger partial charge is 0.240 e. The molecule has 1 rings (SSSR count). The first-order valence-corrected chi connectivity index (χ1v) is 7.92. The van der Waals surface area contributed by atoms with E-state index in [0.717, 1.165) is 28.4 Å². The molecule has 0 radical (unpaired) electrons. The molecule has 96 valence electrons. The average molecular weight is 320 g/mol. The maximum absolute atomic E-state index is 12.1. The zero-order valence-corrected chi connectivity index (χ0v) is 12.8. The molecule has 0 atom stereocenters. The van der Waals surface area contributed by atoms with Gasteiger partial charge in [0.2, 0.25) is 10.0 Å². The van der Waals surface area contributed by atoms with Crippen LogP contribution in [-0.4, -0.2) is 15.0 Å². The first-order chi connectivity index (χ1) is 7.88. The predicted molar refractivity (Wildman–Crippen MR) is 73.7 cm³/mol.